The number of hydrogen-bond donors (Lipinski definition) is 1. The predicted molar refractivity (Wildman–Crippen MR) is 138 cm³/mol. The summed E-state index contributed by atoms with van der Waals surface area (Å²) < 4.78 is 6.25. The predicted octanol–water partition coefficient (Wildman–Crippen LogP) is 8.17. The molecule has 0 aliphatic rings. The molecule has 0 fully saturated rings. The van der Waals surface area contributed by atoms with Crippen molar-refractivity contribution in [2.75, 3.05) is 0 Å². The van der Waals surface area contributed by atoms with E-state index in [2.05, 4.69) is 48.5 Å². The lowest BCUT2D eigenvalue weighted by Crippen LogP contribution is -1.83. The highest BCUT2D eigenvalue weighted by molar-refractivity contribution is 8.00. The van der Waals surface area contributed by atoms with Gasteiger partial charge in [-0.1, -0.05) is 95.5 Å². The molecule has 0 amide bonds. The number of phenols is 1. The normalized spacial score (nSPS) is 11.5. The van der Waals surface area contributed by atoms with Crippen molar-refractivity contribution < 1.29 is 9.52 Å². The summed E-state index contributed by atoms with van der Waals surface area (Å²) in [5.74, 6) is 0.140. The first kappa shape index (κ1) is 20.4. The van der Waals surface area contributed by atoms with Gasteiger partial charge in [-0.2, -0.15) is 0 Å². The van der Waals surface area contributed by atoms with Gasteiger partial charge >= 0.3 is 4.94 Å². The Morgan fingerprint density at radius 3 is 1.91 bits per heavy atom. The second-order valence-corrected chi connectivity index (χ2v) is 10.7. The third-order valence-electron chi connectivity index (χ3n) is 5.40. The molecule has 6 heteroatoms. The van der Waals surface area contributed by atoms with E-state index >= 15 is 0 Å². The standard InChI is InChI=1S/C27H16O3S3/c28-22-15-23(31-20-11-9-16-5-1-3-7-18(16)13-20)24-26(33-27(29)30-24)25(22)32-21-12-10-17-6-2-4-8-19(17)14-21/h1-15,28H. The van der Waals surface area contributed by atoms with E-state index < -0.39 is 0 Å². The fraction of sp³-hybridized carbons (Fsp3) is 0. The average Bonchev–Trinajstić information content (AvgIpc) is 3.23. The third-order valence-corrected chi connectivity index (χ3v) is 8.49. The average molecular weight is 485 g/mol. The molecule has 6 aromatic rings. The van der Waals surface area contributed by atoms with Gasteiger partial charge < -0.3 is 9.52 Å². The Labute approximate surface area is 201 Å². The van der Waals surface area contributed by atoms with Crippen LogP contribution in [0.25, 0.3) is 31.8 Å². The van der Waals surface area contributed by atoms with Crippen molar-refractivity contribution >= 4 is 66.7 Å². The summed E-state index contributed by atoms with van der Waals surface area (Å²) >= 11 is 3.95. The lowest BCUT2D eigenvalue weighted by Gasteiger charge is -2.10. The van der Waals surface area contributed by atoms with Crippen LogP contribution in [0.2, 0.25) is 0 Å². The Bertz CT molecular complexity index is 1720. The number of hydrogen-bond acceptors (Lipinski definition) is 6. The van der Waals surface area contributed by atoms with E-state index in [0.717, 1.165) is 42.2 Å². The molecule has 0 bridgehead atoms. The van der Waals surface area contributed by atoms with Crippen LogP contribution in [-0.4, -0.2) is 5.11 Å². The van der Waals surface area contributed by atoms with Gasteiger partial charge in [-0.15, -0.1) is 0 Å². The molecule has 0 unspecified atom stereocenters. The fourth-order valence-electron chi connectivity index (χ4n) is 3.84. The van der Waals surface area contributed by atoms with Crippen molar-refractivity contribution in [3.63, 3.8) is 0 Å². The van der Waals surface area contributed by atoms with Gasteiger partial charge in [0, 0.05) is 9.79 Å². The van der Waals surface area contributed by atoms with Gasteiger partial charge in [0.1, 0.15) is 5.75 Å². The van der Waals surface area contributed by atoms with Gasteiger partial charge in [-0.05, 0) is 51.9 Å². The molecule has 5 aromatic carbocycles. The number of fused-ring (bicyclic) bond motifs is 3. The van der Waals surface area contributed by atoms with Crippen molar-refractivity contribution in [3.8, 4) is 5.75 Å². The smallest absolute Gasteiger partial charge is 0.396 e. The van der Waals surface area contributed by atoms with Crippen molar-refractivity contribution in [1.82, 2.24) is 0 Å². The van der Waals surface area contributed by atoms with Gasteiger partial charge in [0.05, 0.1) is 14.5 Å². The van der Waals surface area contributed by atoms with Crippen molar-refractivity contribution in [2.24, 2.45) is 0 Å². The van der Waals surface area contributed by atoms with E-state index in [-0.39, 0.29) is 10.7 Å². The largest absolute Gasteiger partial charge is 0.507 e. The molecule has 1 heterocycles. The minimum atomic E-state index is -0.378. The summed E-state index contributed by atoms with van der Waals surface area (Å²) in [4.78, 5) is 15.2. The first-order valence-electron chi connectivity index (χ1n) is 10.3. The van der Waals surface area contributed by atoms with Gasteiger partial charge in [0.15, 0.2) is 5.58 Å². The van der Waals surface area contributed by atoms with Crippen LogP contribution in [0.15, 0.2) is 120 Å². The first-order chi connectivity index (χ1) is 16.1. The number of rotatable bonds is 4. The molecule has 160 valence electrons. The molecule has 1 N–H and O–H groups in total. The molecular formula is C27H16O3S3. The Hall–Kier alpha value is -3.19. The van der Waals surface area contributed by atoms with Gasteiger partial charge in [-0.3, -0.25) is 0 Å². The Morgan fingerprint density at radius 2 is 1.27 bits per heavy atom. The Morgan fingerprint density at radius 1 is 0.697 bits per heavy atom. The van der Waals surface area contributed by atoms with Crippen LogP contribution in [0, 0.1) is 0 Å². The van der Waals surface area contributed by atoms with Gasteiger partial charge in [0.25, 0.3) is 0 Å². The SMILES string of the molecule is O=c1oc2c(Sc3ccc4ccccc4c3)cc(O)c(Sc3ccc4ccccc4c3)c2s1. The van der Waals surface area contributed by atoms with Gasteiger partial charge in [-0.25, -0.2) is 4.79 Å². The molecule has 0 spiro atoms. The zero-order valence-electron chi connectivity index (χ0n) is 17.1. The molecule has 0 radical (unpaired) electrons. The summed E-state index contributed by atoms with van der Waals surface area (Å²) in [7, 11) is 0. The second-order valence-electron chi connectivity index (χ2n) is 7.56. The van der Waals surface area contributed by atoms with E-state index in [1.165, 1.54) is 28.9 Å². The van der Waals surface area contributed by atoms with E-state index in [1.807, 2.05) is 36.4 Å². The zero-order chi connectivity index (χ0) is 22.4. The maximum absolute atomic E-state index is 12.2. The molecule has 0 saturated heterocycles. The van der Waals surface area contributed by atoms with Crippen LogP contribution in [0.5, 0.6) is 5.75 Å². The van der Waals surface area contributed by atoms with Crippen LogP contribution in [0.4, 0.5) is 0 Å². The maximum Gasteiger partial charge on any atom is 0.396 e. The van der Waals surface area contributed by atoms with Crippen LogP contribution in [0.1, 0.15) is 0 Å². The minimum Gasteiger partial charge on any atom is -0.507 e. The van der Waals surface area contributed by atoms with E-state index in [4.69, 9.17) is 4.42 Å². The quantitative estimate of drug-likeness (QED) is 0.273. The highest BCUT2D eigenvalue weighted by Crippen LogP contribution is 2.46. The van der Waals surface area contributed by atoms with Crippen molar-refractivity contribution in [3.05, 3.63) is 101 Å². The van der Waals surface area contributed by atoms with Crippen LogP contribution >= 0.6 is 34.9 Å². The third kappa shape index (κ3) is 3.91. The number of phenolic OH excluding ortho intramolecular Hbond substituents is 1. The molecule has 33 heavy (non-hydrogen) atoms. The van der Waals surface area contributed by atoms with Crippen LogP contribution in [0.3, 0.4) is 0 Å². The summed E-state index contributed by atoms with van der Waals surface area (Å²) in [6.45, 7) is 0. The highest BCUT2D eigenvalue weighted by Gasteiger charge is 2.19. The van der Waals surface area contributed by atoms with E-state index in [0.29, 0.717) is 15.2 Å². The van der Waals surface area contributed by atoms with Crippen LogP contribution in [-0.2, 0) is 0 Å². The molecule has 0 atom stereocenters. The molecule has 6 rings (SSSR count). The zero-order valence-corrected chi connectivity index (χ0v) is 19.6. The summed E-state index contributed by atoms with van der Waals surface area (Å²) in [5.41, 5.74) is 0.518. The second kappa shape index (κ2) is 8.30. The first-order valence-corrected chi connectivity index (χ1v) is 12.7. The highest BCUT2D eigenvalue weighted by atomic mass is 32.2. The Balaban J connectivity index is 1.42. The monoisotopic (exact) mass is 484 g/mol. The molecule has 0 aliphatic carbocycles. The minimum absolute atomic E-state index is 0.140. The molecular weight excluding hydrogens is 468 g/mol. The summed E-state index contributed by atoms with van der Waals surface area (Å²) in [6.07, 6.45) is 0. The summed E-state index contributed by atoms with van der Waals surface area (Å²) in [6, 6.07) is 30.4. The fourth-order valence-corrected chi connectivity index (χ4v) is 6.78. The van der Waals surface area contributed by atoms with Gasteiger partial charge in [0.2, 0.25) is 0 Å². The topological polar surface area (TPSA) is 50.4 Å². The Kier molecular flexibility index (Phi) is 5.14. The lowest BCUT2D eigenvalue weighted by atomic mass is 10.1. The van der Waals surface area contributed by atoms with Crippen LogP contribution < -0.4 is 4.94 Å². The van der Waals surface area contributed by atoms with Crippen molar-refractivity contribution in [1.29, 1.82) is 0 Å². The maximum atomic E-state index is 12.2. The molecule has 0 saturated carbocycles. The van der Waals surface area contributed by atoms with E-state index in [1.54, 1.807) is 6.07 Å². The van der Waals surface area contributed by atoms with Crippen molar-refractivity contribution in [2.45, 2.75) is 19.6 Å². The molecule has 3 nitrogen and oxygen atoms in total. The summed E-state index contributed by atoms with van der Waals surface area (Å²) in [5, 5.41) is 15.5. The molecule has 0 aliphatic heterocycles. The van der Waals surface area contributed by atoms with E-state index in [9.17, 15) is 9.90 Å². The molecule has 1 aromatic heterocycles. The lowest BCUT2D eigenvalue weighted by molar-refractivity contribution is 0.461. The number of benzene rings is 5. The number of aromatic hydroxyl groups is 1.